The van der Waals surface area contributed by atoms with Crippen LogP contribution in [0.15, 0.2) is 18.2 Å². The first-order valence-electron chi connectivity index (χ1n) is 9.80. The molecule has 4 heteroatoms. The van der Waals surface area contributed by atoms with Gasteiger partial charge in [-0.05, 0) is 61.9 Å². The quantitative estimate of drug-likeness (QED) is 0.910. The van der Waals surface area contributed by atoms with E-state index in [1.54, 1.807) is 0 Å². The van der Waals surface area contributed by atoms with Crippen molar-refractivity contribution in [3.63, 3.8) is 0 Å². The van der Waals surface area contributed by atoms with E-state index in [2.05, 4.69) is 17.9 Å². The molecule has 2 heterocycles. The highest BCUT2D eigenvalue weighted by Crippen LogP contribution is 2.31. The van der Waals surface area contributed by atoms with Gasteiger partial charge in [0, 0.05) is 24.7 Å². The molecule has 0 unspecified atom stereocenters. The zero-order valence-corrected chi connectivity index (χ0v) is 15.9. The van der Waals surface area contributed by atoms with Crippen molar-refractivity contribution in [1.29, 1.82) is 0 Å². The van der Waals surface area contributed by atoms with Crippen LogP contribution >= 0.6 is 0 Å². The van der Waals surface area contributed by atoms with Crippen molar-refractivity contribution in [3.8, 4) is 0 Å². The van der Waals surface area contributed by atoms with E-state index in [0.717, 1.165) is 49.6 Å². The number of β-amino-alcohol motifs (C(OH)–C–C–N with tert-alkyl or cyclic N) is 1. The van der Waals surface area contributed by atoms with Gasteiger partial charge >= 0.3 is 0 Å². The van der Waals surface area contributed by atoms with Gasteiger partial charge in [-0.3, -0.25) is 4.79 Å². The predicted molar refractivity (Wildman–Crippen MR) is 102 cm³/mol. The topological polar surface area (TPSA) is 43.8 Å². The number of hydrogen-bond acceptors (Lipinski definition) is 3. The van der Waals surface area contributed by atoms with Gasteiger partial charge in [-0.25, -0.2) is 0 Å². The van der Waals surface area contributed by atoms with Crippen LogP contribution in [0.1, 0.15) is 57.3 Å². The Labute approximate surface area is 151 Å². The minimum absolute atomic E-state index is 0.0118. The number of piperidine rings is 1. The zero-order valence-electron chi connectivity index (χ0n) is 15.9. The van der Waals surface area contributed by atoms with Crippen LogP contribution in [0.5, 0.6) is 0 Å². The molecular formula is C21H32N2O2. The summed E-state index contributed by atoms with van der Waals surface area (Å²) in [5.41, 5.74) is 3.22. The van der Waals surface area contributed by atoms with Crippen molar-refractivity contribution in [2.45, 2.75) is 52.6 Å². The van der Waals surface area contributed by atoms with E-state index in [-0.39, 0.29) is 11.8 Å². The third-order valence-electron chi connectivity index (χ3n) is 5.67. The predicted octanol–water partition coefficient (Wildman–Crippen LogP) is 3.39. The molecule has 1 fully saturated rings. The number of rotatable bonds is 4. The van der Waals surface area contributed by atoms with Crippen molar-refractivity contribution in [2.75, 3.05) is 31.1 Å². The molecule has 1 aromatic carbocycles. The standard InChI is InChI=1S/C21H32N2O2/c1-15(2)21(25)23-10-4-5-17-13-18(6-7-19(17)23)20(24)14-22-11-8-16(3)9-12-22/h6-7,13,15-16,20,24H,4-5,8-12,14H2,1-3H3/t20-/m1/s1. The van der Waals surface area contributed by atoms with Crippen LogP contribution < -0.4 is 4.90 Å². The second-order valence-corrected chi connectivity index (χ2v) is 8.14. The average Bonchev–Trinajstić information content (AvgIpc) is 2.61. The highest BCUT2D eigenvalue weighted by molar-refractivity contribution is 5.95. The third-order valence-corrected chi connectivity index (χ3v) is 5.67. The van der Waals surface area contributed by atoms with Crippen LogP contribution in [0.2, 0.25) is 0 Å². The summed E-state index contributed by atoms with van der Waals surface area (Å²) < 4.78 is 0. The molecule has 1 aromatic rings. The summed E-state index contributed by atoms with van der Waals surface area (Å²) in [7, 11) is 0. The lowest BCUT2D eigenvalue weighted by atomic mass is 9.95. The highest BCUT2D eigenvalue weighted by atomic mass is 16.3. The number of aliphatic hydroxyl groups is 1. The number of benzene rings is 1. The molecule has 0 bridgehead atoms. The Balaban J connectivity index is 1.71. The normalized spacial score (nSPS) is 20.6. The van der Waals surface area contributed by atoms with Gasteiger partial charge in [0.15, 0.2) is 0 Å². The maximum Gasteiger partial charge on any atom is 0.229 e. The Kier molecular flexibility index (Phi) is 5.80. The van der Waals surface area contributed by atoms with Gasteiger partial charge in [0.05, 0.1) is 6.10 Å². The van der Waals surface area contributed by atoms with Crippen LogP contribution in [0.3, 0.4) is 0 Å². The molecule has 1 amide bonds. The second-order valence-electron chi connectivity index (χ2n) is 8.14. The molecule has 138 valence electrons. The van der Waals surface area contributed by atoms with E-state index >= 15 is 0 Å². The van der Waals surface area contributed by atoms with E-state index in [4.69, 9.17) is 0 Å². The summed E-state index contributed by atoms with van der Waals surface area (Å²) in [4.78, 5) is 16.7. The minimum Gasteiger partial charge on any atom is -0.387 e. The molecule has 0 radical (unpaired) electrons. The van der Waals surface area contributed by atoms with Gasteiger partial charge in [0.1, 0.15) is 0 Å². The first-order valence-corrected chi connectivity index (χ1v) is 9.80. The fourth-order valence-electron chi connectivity index (χ4n) is 3.96. The molecular weight excluding hydrogens is 312 g/mol. The highest BCUT2D eigenvalue weighted by Gasteiger charge is 2.25. The summed E-state index contributed by atoms with van der Waals surface area (Å²) in [6.45, 7) is 9.89. The average molecular weight is 344 g/mol. The summed E-state index contributed by atoms with van der Waals surface area (Å²) in [5.74, 6) is 1.01. The Bertz CT molecular complexity index is 606. The molecule has 4 nitrogen and oxygen atoms in total. The maximum absolute atomic E-state index is 12.4. The van der Waals surface area contributed by atoms with Gasteiger partial charge in [-0.1, -0.05) is 32.9 Å². The van der Waals surface area contributed by atoms with Gasteiger partial charge in [-0.15, -0.1) is 0 Å². The maximum atomic E-state index is 12.4. The molecule has 0 aromatic heterocycles. The summed E-state index contributed by atoms with van der Waals surface area (Å²) in [5, 5.41) is 10.7. The van der Waals surface area contributed by atoms with Gasteiger partial charge < -0.3 is 14.9 Å². The number of fused-ring (bicyclic) bond motifs is 1. The number of carbonyl (C=O) groups is 1. The molecule has 2 aliphatic heterocycles. The van der Waals surface area contributed by atoms with Crippen LogP contribution in [-0.2, 0) is 11.2 Å². The largest absolute Gasteiger partial charge is 0.387 e. The monoisotopic (exact) mass is 344 g/mol. The third kappa shape index (κ3) is 4.24. The minimum atomic E-state index is -0.449. The van der Waals surface area contributed by atoms with E-state index in [1.165, 1.54) is 18.4 Å². The van der Waals surface area contributed by atoms with Gasteiger partial charge in [0.2, 0.25) is 5.91 Å². The fourth-order valence-corrected chi connectivity index (χ4v) is 3.96. The van der Waals surface area contributed by atoms with Crippen molar-refractivity contribution in [2.24, 2.45) is 11.8 Å². The molecule has 0 aliphatic carbocycles. The van der Waals surface area contributed by atoms with Crippen LogP contribution in [-0.4, -0.2) is 42.1 Å². The molecule has 0 saturated carbocycles. The smallest absolute Gasteiger partial charge is 0.229 e. The van der Waals surface area contributed by atoms with Crippen molar-refractivity contribution >= 4 is 11.6 Å². The molecule has 1 saturated heterocycles. The van der Waals surface area contributed by atoms with Crippen molar-refractivity contribution < 1.29 is 9.90 Å². The van der Waals surface area contributed by atoms with Crippen molar-refractivity contribution in [1.82, 2.24) is 4.90 Å². The zero-order chi connectivity index (χ0) is 18.0. The van der Waals surface area contributed by atoms with Crippen LogP contribution in [0.4, 0.5) is 5.69 Å². The molecule has 1 atom stereocenters. The SMILES string of the molecule is CC1CCN(C[C@@H](O)c2ccc3c(c2)CCCN3C(=O)C(C)C)CC1. The molecule has 3 rings (SSSR count). The number of likely N-dealkylation sites (tertiary alicyclic amines) is 1. The Morgan fingerprint density at radius 1 is 1.24 bits per heavy atom. The van der Waals surface area contributed by atoms with Gasteiger partial charge in [0.25, 0.3) is 0 Å². The van der Waals surface area contributed by atoms with E-state index in [1.807, 2.05) is 30.9 Å². The molecule has 0 spiro atoms. The number of amides is 1. The summed E-state index contributed by atoms with van der Waals surface area (Å²) in [6, 6.07) is 6.15. The van der Waals surface area contributed by atoms with Crippen molar-refractivity contribution in [3.05, 3.63) is 29.3 Å². The lowest BCUT2D eigenvalue weighted by Gasteiger charge is -2.33. The Hall–Kier alpha value is -1.39. The van der Waals surface area contributed by atoms with Crippen LogP contribution in [0, 0.1) is 11.8 Å². The number of aliphatic hydroxyl groups excluding tert-OH is 1. The molecule has 25 heavy (non-hydrogen) atoms. The van der Waals surface area contributed by atoms with E-state index in [0.29, 0.717) is 6.54 Å². The lowest BCUT2D eigenvalue weighted by Crippen LogP contribution is -2.38. The first-order chi connectivity index (χ1) is 12.0. The van der Waals surface area contributed by atoms with Gasteiger partial charge in [-0.2, -0.15) is 0 Å². The summed E-state index contributed by atoms with van der Waals surface area (Å²) >= 11 is 0. The number of carbonyl (C=O) groups excluding carboxylic acids is 1. The number of hydrogen-bond donors (Lipinski definition) is 1. The van der Waals surface area contributed by atoms with E-state index < -0.39 is 6.10 Å². The Morgan fingerprint density at radius 3 is 2.64 bits per heavy atom. The summed E-state index contributed by atoms with van der Waals surface area (Å²) in [6.07, 6.45) is 3.98. The number of aryl methyl sites for hydroxylation is 1. The molecule has 1 N–H and O–H groups in total. The second kappa shape index (κ2) is 7.88. The number of nitrogens with zero attached hydrogens (tertiary/aromatic N) is 2. The van der Waals surface area contributed by atoms with E-state index in [9.17, 15) is 9.90 Å². The lowest BCUT2D eigenvalue weighted by molar-refractivity contribution is -0.121. The molecule has 2 aliphatic rings. The Morgan fingerprint density at radius 2 is 1.96 bits per heavy atom. The van der Waals surface area contributed by atoms with Crippen LogP contribution in [0.25, 0.3) is 0 Å². The first kappa shape index (κ1) is 18.4. The number of anilines is 1. The fraction of sp³-hybridized carbons (Fsp3) is 0.667.